The van der Waals surface area contributed by atoms with Crippen LogP contribution in [0, 0.1) is 17.8 Å². The number of methoxy groups -OCH3 is 1. The van der Waals surface area contributed by atoms with Crippen LogP contribution in [0.1, 0.15) is 108 Å². The molecule has 0 bridgehead atoms. The summed E-state index contributed by atoms with van der Waals surface area (Å²) in [6.07, 6.45) is -8.22. The van der Waals surface area contributed by atoms with Gasteiger partial charge in [-0.15, -0.1) is 0 Å². The molecule has 4 saturated heterocycles. The van der Waals surface area contributed by atoms with Crippen molar-refractivity contribution in [1.82, 2.24) is 9.21 Å². The summed E-state index contributed by atoms with van der Waals surface area (Å²) in [6.45, 7) is 21.0. The zero-order valence-electron chi connectivity index (χ0n) is 37.0. The van der Waals surface area contributed by atoms with Crippen molar-refractivity contribution >= 4 is 16.2 Å². The molecule has 4 aliphatic heterocycles. The number of rotatable bonds is 10. The zero-order chi connectivity index (χ0) is 43.9. The van der Waals surface area contributed by atoms with Gasteiger partial charge in [0.15, 0.2) is 12.6 Å². The first-order valence-electron chi connectivity index (χ1n) is 21.0. The number of esters is 1. The highest BCUT2D eigenvalue weighted by Gasteiger charge is 2.67. The summed E-state index contributed by atoms with van der Waals surface area (Å²) in [5.41, 5.74) is -5.03. The van der Waals surface area contributed by atoms with Crippen LogP contribution in [-0.4, -0.2) is 168 Å². The Hall–Kier alpha value is -1.10. The maximum absolute atomic E-state index is 14.4. The van der Waals surface area contributed by atoms with Gasteiger partial charge in [-0.1, -0.05) is 27.7 Å². The number of ether oxygens (including phenoxy) is 7. The summed E-state index contributed by atoms with van der Waals surface area (Å²) in [6, 6.07) is -1.58. The quantitative estimate of drug-likeness (QED) is 0.155. The first kappa shape index (κ1) is 49.6. The average Bonchev–Trinajstić information content (AvgIpc) is 3.95. The Bertz CT molecular complexity index is 1480. The molecule has 0 radical (unpaired) electrons. The van der Waals surface area contributed by atoms with Crippen molar-refractivity contribution in [3.63, 3.8) is 0 Å². The first-order valence-corrected chi connectivity index (χ1v) is 22.5. The maximum Gasteiger partial charge on any atom is 0.311 e. The number of carbonyl (C=O) groups is 1. The number of nitrogens with two attached hydrogens (primary N) is 1. The fourth-order valence-corrected chi connectivity index (χ4v) is 10.5. The molecule has 0 aromatic rings. The molecular weight excluding hydrogens is 779 g/mol. The van der Waals surface area contributed by atoms with Gasteiger partial charge < -0.3 is 53.6 Å². The Morgan fingerprint density at radius 3 is 2.16 bits per heavy atom. The molecule has 4 fully saturated rings. The number of hydrogen-bond donors (Lipinski definition) is 5. The van der Waals surface area contributed by atoms with Crippen molar-refractivity contribution in [3.05, 3.63) is 0 Å². The van der Waals surface area contributed by atoms with E-state index in [0.29, 0.717) is 19.7 Å². The number of hydrogen-bond acceptors (Lipinski definition) is 15. The third kappa shape index (κ3) is 10.2. The van der Waals surface area contributed by atoms with Gasteiger partial charge in [0, 0.05) is 39.1 Å². The van der Waals surface area contributed by atoms with Crippen molar-refractivity contribution in [3.8, 4) is 0 Å². The molecule has 4 heterocycles. The highest BCUT2D eigenvalue weighted by molar-refractivity contribution is 7.86. The van der Waals surface area contributed by atoms with Crippen LogP contribution in [0.15, 0.2) is 0 Å². The highest BCUT2D eigenvalue weighted by atomic mass is 32.2. The van der Waals surface area contributed by atoms with E-state index in [4.69, 9.17) is 38.3 Å². The van der Waals surface area contributed by atoms with E-state index < -0.39 is 118 Å². The molecule has 0 unspecified atom stereocenters. The first-order chi connectivity index (χ1) is 26.7. The van der Waals surface area contributed by atoms with Crippen LogP contribution in [0.5, 0.6) is 0 Å². The van der Waals surface area contributed by atoms with E-state index in [1.54, 1.807) is 41.7 Å². The minimum absolute atomic E-state index is 0.122. The third-order valence-corrected chi connectivity index (χ3v) is 14.7. The fraction of sp³-hybridized carbons (Fsp3) is 0.975. The molecule has 6 N–H and O–H groups in total. The summed E-state index contributed by atoms with van der Waals surface area (Å²) in [4.78, 5) is 16.5. The minimum Gasteiger partial charge on any atom is -0.459 e. The lowest BCUT2D eigenvalue weighted by Gasteiger charge is -2.49. The molecule has 0 aromatic heterocycles. The van der Waals surface area contributed by atoms with Gasteiger partial charge in [0.25, 0.3) is 10.2 Å². The summed E-state index contributed by atoms with van der Waals surface area (Å²) in [5, 5.41) is 53.5. The zero-order valence-corrected chi connectivity index (χ0v) is 37.8. The predicted octanol–water partition coefficient (Wildman–Crippen LogP) is 1.66. The van der Waals surface area contributed by atoms with Crippen LogP contribution < -0.4 is 5.14 Å². The number of likely N-dealkylation sites (N-methyl/N-ethyl adjacent to an activating group) is 1. The van der Waals surface area contributed by atoms with E-state index in [1.165, 1.54) is 14.0 Å². The van der Waals surface area contributed by atoms with E-state index in [-0.39, 0.29) is 31.6 Å². The normalized spacial score (nSPS) is 48.0. The largest absolute Gasteiger partial charge is 0.459 e. The maximum atomic E-state index is 14.4. The molecule has 1 spiro atoms. The second-order valence-electron chi connectivity index (χ2n) is 18.4. The number of cyclic esters (lactones) is 1. The third-order valence-electron chi connectivity index (χ3n) is 13.6. The second-order valence-corrected chi connectivity index (χ2v) is 20.0. The minimum atomic E-state index is -4.22. The molecule has 0 saturated carbocycles. The van der Waals surface area contributed by atoms with Crippen molar-refractivity contribution < 1.29 is 66.8 Å². The molecule has 0 aliphatic carbocycles. The van der Waals surface area contributed by atoms with Crippen LogP contribution in [0.3, 0.4) is 0 Å². The summed E-state index contributed by atoms with van der Waals surface area (Å²) < 4.78 is 69.8. The van der Waals surface area contributed by atoms with Crippen LogP contribution in [0.2, 0.25) is 0 Å². The molecule has 4 rings (SSSR count). The van der Waals surface area contributed by atoms with Crippen LogP contribution in [0.4, 0.5) is 0 Å². The van der Waals surface area contributed by atoms with Crippen LogP contribution in [0.25, 0.3) is 0 Å². The molecular formula is C40H75N3O14S. The number of carbonyl (C=O) groups excluding carboxylic acids is 1. The molecule has 58 heavy (non-hydrogen) atoms. The molecule has 340 valence electrons. The monoisotopic (exact) mass is 853 g/mol. The lowest BCUT2D eigenvalue weighted by molar-refractivity contribution is -0.314. The molecule has 0 amide bonds. The molecule has 4 aliphatic rings. The standard InChI is InChI=1S/C40H75N3O14S/c1-14-16-43-20-22(3)18-37(9,47)34(57-36-31(44)28(17-23(4)53-36)42(12)58(41,49)50)24(5)32(56-30-19-38(10,51-13)40(21-52-40)27(8)54-30)25(6)35(46)55-29(15-2)39(11,48)33(45)26(43)7/h22-34,36,44-45,47-48H,14-21H2,1-13H3,(H2,41,49,50)/t22-,23-,24+,25-,26-,27+,28+,29-,30+,31-,32+,33-,34-,36+,37-,38-,39-,40+/m1/s1. The van der Waals surface area contributed by atoms with Gasteiger partial charge in [-0.2, -0.15) is 12.7 Å². The van der Waals surface area contributed by atoms with Gasteiger partial charge >= 0.3 is 5.97 Å². The van der Waals surface area contributed by atoms with E-state index in [0.717, 1.165) is 10.7 Å². The Kier molecular flexibility index (Phi) is 16.0. The molecule has 0 aromatic carbocycles. The molecule has 18 heteroatoms. The number of aliphatic hydroxyl groups is 4. The SMILES string of the molecule is CCCN1C[C@H](C)C[C@@](C)(O)[C@H](O[C@@H]2O[C@H](C)C[C@H](N(C)S(N)(=O)=O)[C@H]2O)[C@@H](C)[C@H](O[C@H]2C[C@@](C)(OC)[C@]3(CO3)[C@H](C)O2)[C@@H](C)C(=O)O[C@H](CC)[C@@](C)(O)[C@H](O)[C@H]1C. The van der Waals surface area contributed by atoms with Gasteiger partial charge in [-0.3, -0.25) is 9.69 Å². The Morgan fingerprint density at radius 2 is 1.62 bits per heavy atom. The fourth-order valence-electron chi connectivity index (χ4n) is 9.89. The van der Waals surface area contributed by atoms with Crippen molar-refractivity contribution in [1.29, 1.82) is 0 Å². The molecule has 17 nitrogen and oxygen atoms in total. The van der Waals surface area contributed by atoms with Crippen molar-refractivity contribution in [2.24, 2.45) is 22.9 Å². The Morgan fingerprint density at radius 1 is 1.00 bits per heavy atom. The smallest absolute Gasteiger partial charge is 0.311 e. The summed E-state index contributed by atoms with van der Waals surface area (Å²) >= 11 is 0. The number of nitrogens with zero attached hydrogens (tertiary/aromatic N) is 2. The second kappa shape index (κ2) is 18.7. The molecule has 18 atom stereocenters. The number of epoxide rings is 1. The lowest BCUT2D eigenvalue weighted by Crippen LogP contribution is -2.62. The van der Waals surface area contributed by atoms with Crippen LogP contribution >= 0.6 is 0 Å². The van der Waals surface area contributed by atoms with Crippen LogP contribution in [-0.2, 0) is 48.2 Å². The van der Waals surface area contributed by atoms with Gasteiger partial charge in [0.05, 0.1) is 48.6 Å². The van der Waals surface area contributed by atoms with Gasteiger partial charge in [-0.05, 0) is 86.6 Å². The highest BCUT2D eigenvalue weighted by Crippen LogP contribution is 2.51. The van der Waals surface area contributed by atoms with E-state index in [1.807, 2.05) is 34.6 Å². The number of aliphatic hydroxyl groups excluding tert-OH is 2. The van der Waals surface area contributed by atoms with Gasteiger partial charge in [0.1, 0.15) is 35.1 Å². The predicted molar refractivity (Wildman–Crippen MR) is 213 cm³/mol. The van der Waals surface area contributed by atoms with Crippen molar-refractivity contribution in [2.75, 3.05) is 33.9 Å². The van der Waals surface area contributed by atoms with Gasteiger partial charge in [0.2, 0.25) is 0 Å². The Labute approximate surface area is 346 Å². The van der Waals surface area contributed by atoms with Gasteiger partial charge in [-0.25, -0.2) is 5.14 Å². The average molecular weight is 854 g/mol. The van der Waals surface area contributed by atoms with E-state index in [2.05, 4.69) is 4.90 Å². The Balaban J connectivity index is 1.85. The van der Waals surface area contributed by atoms with E-state index in [9.17, 15) is 33.6 Å². The lowest BCUT2D eigenvalue weighted by atomic mass is 9.77. The topological polar surface area (TPSA) is 233 Å². The van der Waals surface area contributed by atoms with Crippen molar-refractivity contribution in [2.45, 2.75) is 198 Å². The van der Waals surface area contributed by atoms with E-state index >= 15 is 0 Å². The summed E-state index contributed by atoms with van der Waals surface area (Å²) in [5.74, 6) is -2.89. The summed E-state index contributed by atoms with van der Waals surface area (Å²) in [7, 11) is -1.35.